The average molecular weight is 303 g/mol. The molecule has 1 aliphatic rings. The van der Waals surface area contributed by atoms with E-state index in [1.807, 2.05) is 13.8 Å². The summed E-state index contributed by atoms with van der Waals surface area (Å²) in [5, 5.41) is 0.185. The first-order valence-electron chi connectivity index (χ1n) is 6.42. The maximum Gasteiger partial charge on any atom is 0.245 e. The number of sulfonamides is 1. The Morgan fingerprint density at radius 3 is 2.37 bits per heavy atom. The minimum absolute atomic E-state index is 0.00219. The van der Waals surface area contributed by atoms with Gasteiger partial charge in [-0.15, -0.1) is 0 Å². The summed E-state index contributed by atoms with van der Waals surface area (Å²) in [5.41, 5.74) is 6.07. The monoisotopic (exact) mass is 302 g/mol. The summed E-state index contributed by atoms with van der Waals surface area (Å²) in [7, 11) is -3.56. The molecule has 2 rings (SSSR count). The van der Waals surface area contributed by atoms with E-state index in [4.69, 9.17) is 17.3 Å². The predicted molar refractivity (Wildman–Crippen MR) is 77.7 cm³/mol. The Balaban J connectivity index is 2.46. The summed E-state index contributed by atoms with van der Waals surface area (Å²) < 4.78 is 27.1. The molecule has 0 aliphatic carbocycles. The van der Waals surface area contributed by atoms with Gasteiger partial charge in [0.2, 0.25) is 10.0 Å². The van der Waals surface area contributed by atoms with Gasteiger partial charge in [0, 0.05) is 17.8 Å². The molecule has 1 aromatic rings. The first-order valence-corrected chi connectivity index (χ1v) is 8.24. The number of halogens is 1. The van der Waals surface area contributed by atoms with Gasteiger partial charge < -0.3 is 5.73 Å². The number of nitrogen functional groups attached to an aromatic ring is 1. The van der Waals surface area contributed by atoms with E-state index in [0.29, 0.717) is 5.69 Å². The molecule has 1 heterocycles. The summed E-state index contributed by atoms with van der Waals surface area (Å²) in [4.78, 5) is 0.143. The second kappa shape index (κ2) is 5.31. The van der Waals surface area contributed by atoms with Crippen LogP contribution in [0.15, 0.2) is 23.1 Å². The van der Waals surface area contributed by atoms with E-state index in [1.54, 1.807) is 10.4 Å². The van der Waals surface area contributed by atoms with E-state index in [2.05, 4.69) is 0 Å². The van der Waals surface area contributed by atoms with Gasteiger partial charge in [-0.25, -0.2) is 8.42 Å². The number of hydrogen-bond donors (Lipinski definition) is 1. The quantitative estimate of drug-likeness (QED) is 0.854. The number of hydrogen-bond acceptors (Lipinski definition) is 3. The van der Waals surface area contributed by atoms with Crippen LogP contribution in [0.4, 0.5) is 5.69 Å². The zero-order valence-corrected chi connectivity index (χ0v) is 12.7. The molecule has 0 spiro atoms. The average Bonchev–Trinajstić information content (AvgIpc) is 2.27. The fourth-order valence-electron chi connectivity index (χ4n) is 2.71. The van der Waals surface area contributed by atoms with Gasteiger partial charge >= 0.3 is 0 Å². The fraction of sp³-hybridized carbons (Fsp3) is 0.538. The first-order chi connectivity index (χ1) is 8.84. The number of nitrogens with two attached hydrogens (primary N) is 1. The van der Waals surface area contributed by atoms with Crippen LogP contribution in [-0.2, 0) is 10.0 Å². The Kier molecular flexibility index (Phi) is 4.08. The maximum absolute atomic E-state index is 12.7. The normalized spacial score (nSPS) is 25.4. The standard InChI is InChI=1S/C13H19ClN2O2S/c1-9-4-3-5-10(2)16(9)19(17,18)13-7-6-11(15)8-12(13)14/h6-10H,3-5,15H2,1-2H3/t9-,10+. The zero-order valence-electron chi connectivity index (χ0n) is 11.1. The third kappa shape index (κ3) is 2.73. The topological polar surface area (TPSA) is 63.4 Å². The fourth-order valence-corrected chi connectivity index (χ4v) is 5.12. The van der Waals surface area contributed by atoms with Crippen molar-refractivity contribution in [3.05, 3.63) is 23.2 Å². The van der Waals surface area contributed by atoms with Crippen LogP contribution in [0.1, 0.15) is 33.1 Å². The van der Waals surface area contributed by atoms with Crippen LogP contribution in [0.5, 0.6) is 0 Å². The lowest BCUT2D eigenvalue weighted by Crippen LogP contribution is -2.47. The Hall–Kier alpha value is -0.780. The molecule has 1 fully saturated rings. The van der Waals surface area contributed by atoms with E-state index < -0.39 is 10.0 Å². The molecule has 106 valence electrons. The van der Waals surface area contributed by atoms with Crippen LogP contribution in [0.3, 0.4) is 0 Å². The Bertz CT molecular complexity index is 564. The molecule has 0 amide bonds. The summed E-state index contributed by atoms with van der Waals surface area (Å²) in [5.74, 6) is 0. The van der Waals surface area contributed by atoms with Crippen molar-refractivity contribution >= 4 is 27.3 Å². The van der Waals surface area contributed by atoms with Gasteiger partial charge in [0.25, 0.3) is 0 Å². The summed E-state index contributed by atoms with van der Waals surface area (Å²) >= 11 is 6.04. The highest BCUT2D eigenvalue weighted by Gasteiger charge is 2.36. The smallest absolute Gasteiger partial charge is 0.245 e. The number of nitrogens with zero attached hydrogens (tertiary/aromatic N) is 1. The van der Waals surface area contributed by atoms with Crippen molar-refractivity contribution in [1.82, 2.24) is 4.31 Å². The van der Waals surface area contributed by atoms with Crippen molar-refractivity contribution in [1.29, 1.82) is 0 Å². The molecule has 0 unspecified atom stereocenters. The lowest BCUT2D eigenvalue weighted by Gasteiger charge is -2.37. The Morgan fingerprint density at radius 1 is 1.26 bits per heavy atom. The lowest BCUT2D eigenvalue weighted by atomic mass is 10.0. The highest BCUT2D eigenvalue weighted by atomic mass is 35.5. The van der Waals surface area contributed by atoms with Gasteiger partial charge in [0.15, 0.2) is 0 Å². The van der Waals surface area contributed by atoms with Crippen LogP contribution >= 0.6 is 11.6 Å². The third-order valence-electron chi connectivity index (χ3n) is 3.62. The summed E-state index contributed by atoms with van der Waals surface area (Å²) in [6.07, 6.45) is 2.83. The summed E-state index contributed by atoms with van der Waals surface area (Å²) in [6.45, 7) is 3.89. The molecule has 1 aromatic carbocycles. The van der Waals surface area contributed by atoms with Gasteiger partial charge in [0.1, 0.15) is 4.90 Å². The number of piperidine rings is 1. The molecule has 19 heavy (non-hydrogen) atoms. The minimum Gasteiger partial charge on any atom is -0.399 e. The van der Waals surface area contributed by atoms with E-state index in [9.17, 15) is 8.42 Å². The van der Waals surface area contributed by atoms with Crippen molar-refractivity contribution in [3.8, 4) is 0 Å². The number of anilines is 1. The van der Waals surface area contributed by atoms with Gasteiger partial charge in [-0.2, -0.15) is 4.31 Å². The van der Waals surface area contributed by atoms with Gasteiger partial charge in [-0.3, -0.25) is 0 Å². The molecule has 0 radical (unpaired) electrons. The van der Waals surface area contributed by atoms with Crippen LogP contribution in [0.2, 0.25) is 5.02 Å². The second-order valence-electron chi connectivity index (χ2n) is 5.15. The zero-order chi connectivity index (χ0) is 14.2. The molecule has 1 aliphatic heterocycles. The van der Waals surface area contributed by atoms with E-state index in [1.165, 1.54) is 12.1 Å². The molecule has 6 heteroatoms. The van der Waals surface area contributed by atoms with Crippen molar-refractivity contribution in [3.63, 3.8) is 0 Å². The van der Waals surface area contributed by atoms with E-state index in [0.717, 1.165) is 19.3 Å². The largest absolute Gasteiger partial charge is 0.399 e. The molecular weight excluding hydrogens is 284 g/mol. The van der Waals surface area contributed by atoms with Crippen LogP contribution in [0, 0.1) is 0 Å². The van der Waals surface area contributed by atoms with Crippen molar-refractivity contribution in [2.45, 2.75) is 50.1 Å². The highest BCUT2D eigenvalue weighted by Crippen LogP contribution is 2.33. The second-order valence-corrected chi connectivity index (χ2v) is 7.37. The molecule has 2 atom stereocenters. The number of rotatable bonds is 2. The number of benzene rings is 1. The maximum atomic E-state index is 12.7. The lowest BCUT2D eigenvalue weighted by molar-refractivity contribution is 0.204. The van der Waals surface area contributed by atoms with Crippen molar-refractivity contribution < 1.29 is 8.42 Å². The third-order valence-corrected chi connectivity index (χ3v) is 6.24. The Labute approximate surface area is 119 Å². The SMILES string of the molecule is C[C@@H]1CCC[C@H](C)N1S(=O)(=O)c1ccc(N)cc1Cl. The van der Waals surface area contributed by atoms with Crippen molar-refractivity contribution in [2.24, 2.45) is 0 Å². The molecule has 1 saturated heterocycles. The predicted octanol–water partition coefficient (Wildman–Crippen LogP) is 2.87. The van der Waals surface area contributed by atoms with Crippen LogP contribution < -0.4 is 5.73 Å². The van der Waals surface area contributed by atoms with Crippen LogP contribution in [-0.4, -0.2) is 24.8 Å². The molecule has 0 bridgehead atoms. The van der Waals surface area contributed by atoms with Gasteiger partial charge in [-0.05, 0) is 44.9 Å². The van der Waals surface area contributed by atoms with Gasteiger partial charge in [0.05, 0.1) is 5.02 Å². The highest BCUT2D eigenvalue weighted by molar-refractivity contribution is 7.89. The van der Waals surface area contributed by atoms with Crippen LogP contribution in [0.25, 0.3) is 0 Å². The first kappa shape index (κ1) is 14.6. The molecule has 0 aromatic heterocycles. The molecule has 2 N–H and O–H groups in total. The van der Waals surface area contributed by atoms with Crippen molar-refractivity contribution in [2.75, 3.05) is 5.73 Å². The molecule has 4 nitrogen and oxygen atoms in total. The summed E-state index contributed by atoms with van der Waals surface area (Å²) in [6, 6.07) is 4.54. The Morgan fingerprint density at radius 2 is 1.84 bits per heavy atom. The van der Waals surface area contributed by atoms with E-state index in [-0.39, 0.29) is 22.0 Å². The minimum atomic E-state index is -3.56. The van der Waals surface area contributed by atoms with E-state index >= 15 is 0 Å². The van der Waals surface area contributed by atoms with Gasteiger partial charge in [-0.1, -0.05) is 18.0 Å². The molecule has 0 saturated carbocycles. The molecular formula is C13H19ClN2O2S.